The van der Waals surface area contributed by atoms with E-state index in [1.807, 2.05) is 6.92 Å². The number of aliphatic hydroxyl groups is 1. The lowest BCUT2D eigenvalue weighted by molar-refractivity contribution is -0.202. The first-order valence-corrected chi connectivity index (χ1v) is 4.34. The molecule has 4 heteroatoms. The van der Waals surface area contributed by atoms with Crippen molar-refractivity contribution in [1.29, 1.82) is 0 Å². The Labute approximate surface area is 78.8 Å². The molecule has 0 aliphatic rings. The molecule has 0 aromatic carbocycles. The molecule has 4 nitrogen and oxygen atoms in total. The van der Waals surface area contributed by atoms with Crippen LogP contribution >= 0.6 is 0 Å². The smallest absolute Gasteiger partial charge is 0.274 e. The average molecular weight is 187 g/mol. The van der Waals surface area contributed by atoms with E-state index in [2.05, 4.69) is 6.58 Å². The highest BCUT2D eigenvalue weighted by molar-refractivity contribution is 5.91. The molecule has 76 valence electrons. The first-order valence-electron chi connectivity index (χ1n) is 4.34. The molecule has 0 rings (SSSR count). The molecule has 0 fully saturated rings. The van der Waals surface area contributed by atoms with Gasteiger partial charge in [-0.05, 0) is 13.3 Å². The summed E-state index contributed by atoms with van der Waals surface area (Å²) in [5.74, 6) is -0.376. The maximum atomic E-state index is 11.2. The Morgan fingerprint density at radius 2 is 2.23 bits per heavy atom. The summed E-state index contributed by atoms with van der Waals surface area (Å²) in [5, 5.41) is 9.70. The first-order chi connectivity index (χ1) is 6.13. The molecule has 0 aliphatic heterocycles. The third-order valence-electron chi connectivity index (χ3n) is 1.47. The van der Waals surface area contributed by atoms with Gasteiger partial charge in [0.1, 0.15) is 6.73 Å². The molecule has 0 saturated carbocycles. The Kier molecular flexibility index (Phi) is 6.18. The molecule has 0 spiro atoms. The first kappa shape index (κ1) is 12.1. The van der Waals surface area contributed by atoms with E-state index in [0.29, 0.717) is 12.2 Å². The third-order valence-corrected chi connectivity index (χ3v) is 1.47. The van der Waals surface area contributed by atoms with Crippen molar-refractivity contribution in [3.63, 3.8) is 0 Å². The highest BCUT2D eigenvalue weighted by Crippen LogP contribution is 2.00. The number of nitrogens with zero attached hydrogens (tertiary/aromatic N) is 1. The van der Waals surface area contributed by atoms with Gasteiger partial charge in [0.15, 0.2) is 0 Å². The molecule has 0 radical (unpaired) electrons. The van der Waals surface area contributed by atoms with Gasteiger partial charge in [-0.3, -0.25) is 9.63 Å². The van der Waals surface area contributed by atoms with Crippen molar-refractivity contribution in [3.05, 3.63) is 12.2 Å². The van der Waals surface area contributed by atoms with Crippen molar-refractivity contribution < 1.29 is 14.7 Å². The number of hydroxylamine groups is 2. The molecule has 1 N–H and O–H groups in total. The highest BCUT2D eigenvalue weighted by atomic mass is 16.7. The zero-order valence-electron chi connectivity index (χ0n) is 8.25. The minimum absolute atomic E-state index is 0.352. The summed E-state index contributed by atoms with van der Waals surface area (Å²) in [6.07, 6.45) is 1.85. The standard InChI is InChI=1S/C9H17NO3/c1-4-5-6-13-10(7-11)9(12)8(2)3/h11H,2,4-7H2,1,3H3. The van der Waals surface area contributed by atoms with Gasteiger partial charge in [-0.25, -0.2) is 0 Å². The van der Waals surface area contributed by atoms with Gasteiger partial charge in [0.2, 0.25) is 0 Å². The van der Waals surface area contributed by atoms with E-state index in [1.54, 1.807) is 6.92 Å². The van der Waals surface area contributed by atoms with Gasteiger partial charge in [0.25, 0.3) is 5.91 Å². The molecule has 13 heavy (non-hydrogen) atoms. The molecule has 1 amide bonds. The van der Waals surface area contributed by atoms with Crippen molar-refractivity contribution in [3.8, 4) is 0 Å². The van der Waals surface area contributed by atoms with Crippen LogP contribution in [0, 0.1) is 0 Å². The summed E-state index contributed by atoms with van der Waals surface area (Å²) in [4.78, 5) is 16.2. The summed E-state index contributed by atoms with van der Waals surface area (Å²) in [7, 11) is 0. The molecule has 0 heterocycles. The van der Waals surface area contributed by atoms with E-state index in [4.69, 9.17) is 9.94 Å². The molecule has 0 atom stereocenters. The van der Waals surface area contributed by atoms with Crippen LogP contribution in [-0.4, -0.2) is 29.4 Å². The van der Waals surface area contributed by atoms with E-state index in [0.717, 1.165) is 17.9 Å². The second-order valence-electron chi connectivity index (χ2n) is 2.79. The molecule has 0 aromatic heterocycles. The predicted molar refractivity (Wildman–Crippen MR) is 49.6 cm³/mol. The fourth-order valence-corrected chi connectivity index (χ4v) is 0.696. The number of amides is 1. The molecular weight excluding hydrogens is 170 g/mol. The van der Waals surface area contributed by atoms with Crippen LogP contribution in [-0.2, 0) is 9.63 Å². The highest BCUT2D eigenvalue weighted by Gasteiger charge is 2.12. The fourth-order valence-electron chi connectivity index (χ4n) is 0.696. The topological polar surface area (TPSA) is 49.8 Å². The molecule has 0 saturated heterocycles. The van der Waals surface area contributed by atoms with E-state index in [-0.39, 0.29) is 5.91 Å². The Bertz CT molecular complexity index is 180. The SMILES string of the molecule is C=C(C)C(=O)N(CO)OCCCC. The normalized spacial score (nSPS) is 9.77. The zero-order chi connectivity index (χ0) is 10.3. The number of unbranched alkanes of at least 4 members (excludes halogenated alkanes) is 1. The third kappa shape index (κ3) is 4.65. The van der Waals surface area contributed by atoms with Crippen LogP contribution in [0.25, 0.3) is 0 Å². The van der Waals surface area contributed by atoms with Crippen molar-refractivity contribution in [1.82, 2.24) is 5.06 Å². The number of aliphatic hydroxyl groups excluding tert-OH is 1. The largest absolute Gasteiger partial charge is 0.374 e. The van der Waals surface area contributed by atoms with Crippen molar-refractivity contribution in [2.45, 2.75) is 26.7 Å². The average Bonchev–Trinajstić information content (AvgIpc) is 2.11. The van der Waals surface area contributed by atoms with Gasteiger partial charge in [-0.2, -0.15) is 5.06 Å². The van der Waals surface area contributed by atoms with Crippen molar-refractivity contribution in [2.75, 3.05) is 13.3 Å². The predicted octanol–water partition coefficient (Wildman–Crippen LogP) is 1.07. The van der Waals surface area contributed by atoms with Crippen LogP contribution in [0.3, 0.4) is 0 Å². The van der Waals surface area contributed by atoms with Crippen LogP contribution < -0.4 is 0 Å². The number of hydrogen-bond acceptors (Lipinski definition) is 3. The Morgan fingerprint density at radius 3 is 2.62 bits per heavy atom. The van der Waals surface area contributed by atoms with Gasteiger partial charge in [0.05, 0.1) is 6.61 Å². The maximum Gasteiger partial charge on any atom is 0.274 e. The van der Waals surface area contributed by atoms with E-state index < -0.39 is 6.73 Å². The van der Waals surface area contributed by atoms with Gasteiger partial charge in [0, 0.05) is 5.57 Å². The summed E-state index contributed by atoms with van der Waals surface area (Å²) in [6.45, 7) is 7.07. The number of carbonyl (C=O) groups is 1. The molecule has 0 aliphatic carbocycles. The van der Waals surface area contributed by atoms with Crippen LogP contribution in [0.2, 0.25) is 0 Å². The Hall–Kier alpha value is -0.870. The Balaban J connectivity index is 3.88. The quantitative estimate of drug-likeness (QED) is 0.293. The van der Waals surface area contributed by atoms with Crippen LogP contribution in [0.4, 0.5) is 0 Å². The van der Waals surface area contributed by atoms with Gasteiger partial charge < -0.3 is 5.11 Å². The monoisotopic (exact) mass is 187 g/mol. The summed E-state index contributed by atoms with van der Waals surface area (Å²) >= 11 is 0. The lowest BCUT2D eigenvalue weighted by Gasteiger charge is -2.18. The van der Waals surface area contributed by atoms with Gasteiger partial charge in [-0.15, -0.1) is 0 Å². The maximum absolute atomic E-state index is 11.2. The number of hydrogen-bond donors (Lipinski definition) is 1. The summed E-state index contributed by atoms with van der Waals surface area (Å²) in [5.41, 5.74) is 0.352. The van der Waals surface area contributed by atoms with Crippen molar-refractivity contribution in [2.24, 2.45) is 0 Å². The van der Waals surface area contributed by atoms with Crippen LogP contribution in [0.1, 0.15) is 26.7 Å². The van der Waals surface area contributed by atoms with E-state index in [9.17, 15) is 4.79 Å². The molecule has 0 aromatic rings. The Morgan fingerprint density at radius 1 is 1.62 bits per heavy atom. The minimum atomic E-state index is -0.435. The molecular formula is C9H17NO3. The summed E-state index contributed by atoms with van der Waals surface area (Å²) < 4.78 is 0. The second-order valence-corrected chi connectivity index (χ2v) is 2.79. The van der Waals surface area contributed by atoms with Crippen molar-refractivity contribution >= 4 is 5.91 Å². The lowest BCUT2D eigenvalue weighted by Crippen LogP contribution is -2.32. The molecule has 0 bridgehead atoms. The van der Waals surface area contributed by atoms with Gasteiger partial charge in [-0.1, -0.05) is 19.9 Å². The van der Waals surface area contributed by atoms with Crippen LogP contribution in [0.15, 0.2) is 12.2 Å². The zero-order valence-corrected chi connectivity index (χ0v) is 8.25. The van der Waals surface area contributed by atoms with E-state index in [1.165, 1.54) is 0 Å². The number of rotatable bonds is 6. The number of carbonyl (C=O) groups excluding carboxylic acids is 1. The van der Waals surface area contributed by atoms with Crippen LogP contribution in [0.5, 0.6) is 0 Å². The summed E-state index contributed by atoms with van der Waals surface area (Å²) in [6, 6.07) is 0. The van der Waals surface area contributed by atoms with E-state index >= 15 is 0 Å². The second kappa shape index (κ2) is 6.62. The molecule has 0 unspecified atom stereocenters. The fraction of sp³-hybridized carbons (Fsp3) is 0.667. The minimum Gasteiger partial charge on any atom is -0.374 e. The lowest BCUT2D eigenvalue weighted by atomic mass is 10.3. The van der Waals surface area contributed by atoms with Gasteiger partial charge >= 0.3 is 0 Å².